The van der Waals surface area contributed by atoms with Crippen LogP contribution in [0.2, 0.25) is 0 Å². The third-order valence-electron chi connectivity index (χ3n) is 3.82. The maximum Gasteiger partial charge on any atom is 0.237 e. The van der Waals surface area contributed by atoms with Crippen molar-refractivity contribution in [1.82, 2.24) is 0 Å². The van der Waals surface area contributed by atoms with Crippen LogP contribution in [0.15, 0.2) is 42.5 Å². The number of hydrogen-bond acceptors (Lipinski definition) is 3. The number of benzene rings is 2. The van der Waals surface area contributed by atoms with Gasteiger partial charge >= 0.3 is 0 Å². The molecule has 2 aromatic rings. The summed E-state index contributed by atoms with van der Waals surface area (Å²) in [6, 6.07) is 13.4. The Morgan fingerprint density at radius 3 is 2.20 bits per heavy atom. The zero-order valence-corrected chi connectivity index (χ0v) is 15.9. The minimum atomic E-state index is -0.318. The molecule has 4 nitrogen and oxygen atoms in total. The summed E-state index contributed by atoms with van der Waals surface area (Å²) >= 11 is 1.32. The summed E-state index contributed by atoms with van der Waals surface area (Å²) < 4.78 is 0. The molecule has 0 heterocycles. The third kappa shape index (κ3) is 5.64. The van der Waals surface area contributed by atoms with E-state index in [1.165, 1.54) is 17.3 Å². The van der Waals surface area contributed by atoms with Gasteiger partial charge in [-0.15, -0.1) is 11.8 Å². The zero-order valence-electron chi connectivity index (χ0n) is 15.1. The van der Waals surface area contributed by atoms with Crippen molar-refractivity contribution in [3.05, 3.63) is 59.2 Å². The molecule has 0 aliphatic heterocycles. The normalized spacial score (nSPS) is 11.7. The first-order valence-electron chi connectivity index (χ1n) is 8.22. The van der Waals surface area contributed by atoms with E-state index in [4.69, 9.17) is 0 Å². The van der Waals surface area contributed by atoms with Gasteiger partial charge in [-0.1, -0.05) is 35.9 Å². The number of carbonyl (C=O) groups excluding carboxylic acids is 2. The molecule has 25 heavy (non-hydrogen) atoms. The van der Waals surface area contributed by atoms with E-state index in [9.17, 15) is 9.59 Å². The van der Waals surface area contributed by atoms with Gasteiger partial charge in [-0.3, -0.25) is 9.59 Å². The minimum Gasteiger partial charge on any atom is -0.325 e. The number of carbonyl (C=O) groups is 2. The molecule has 2 amide bonds. The fourth-order valence-electron chi connectivity index (χ4n) is 2.60. The van der Waals surface area contributed by atoms with Crippen LogP contribution in [0.1, 0.15) is 23.6 Å². The van der Waals surface area contributed by atoms with Crippen LogP contribution in [-0.4, -0.2) is 22.8 Å². The first kappa shape index (κ1) is 19.1. The standard InChI is InChI=1S/C20H24N2O2S/c1-13-10-14(2)19(15(3)11-13)22-20(24)16(4)25-12-18(23)21-17-8-6-5-7-9-17/h5-11,16H,12H2,1-4H3,(H,21,23)(H,22,24). The lowest BCUT2D eigenvalue weighted by molar-refractivity contribution is -0.115. The van der Waals surface area contributed by atoms with E-state index >= 15 is 0 Å². The molecule has 0 fully saturated rings. The Bertz CT molecular complexity index is 737. The number of anilines is 2. The van der Waals surface area contributed by atoms with E-state index < -0.39 is 0 Å². The van der Waals surface area contributed by atoms with Crippen molar-refractivity contribution in [3.8, 4) is 0 Å². The summed E-state index contributed by atoms with van der Waals surface area (Å²) in [4.78, 5) is 24.4. The molecular weight excluding hydrogens is 332 g/mol. The second-order valence-electron chi connectivity index (χ2n) is 6.13. The molecule has 0 aromatic heterocycles. The predicted octanol–water partition coefficient (Wildman–Crippen LogP) is 4.31. The Kier molecular flexibility index (Phi) is 6.65. The highest BCUT2D eigenvalue weighted by atomic mass is 32.2. The lowest BCUT2D eigenvalue weighted by Gasteiger charge is -2.16. The fourth-order valence-corrected chi connectivity index (χ4v) is 3.28. The van der Waals surface area contributed by atoms with E-state index in [1.54, 1.807) is 0 Å². The maximum absolute atomic E-state index is 12.4. The molecule has 1 unspecified atom stereocenters. The topological polar surface area (TPSA) is 58.2 Å². The van der Waals surface area contributed by atoms with Gasteiger partial charge in [0.2, 0.25) is 11.8 Å². The largest absolute Gasteiger partial charge is 0.325 e. The average molecular weight is 356 g/mol. The second-order valence-corrected chi connectivity index (χ2v) is 7.46. The van der Waals surface area contributed by atoms with Crippen LogP contribution in [0.5, 0.6) is 0 Å². The molecule has 0 spiro atoms. The number of thioether (sulfide) groups is 1. The van der Waals surface area contributed by atoms with Gasteiger partial charge < -0.3 is 10.6 Å². The molecule has 0 saturated carbocycles. The maximum atomic E-state index is 12.4. The summed E-state index contributed by atoms with van der Waals surface area (Å²) in [5.41, 5.74) is 4.88. The third-order valence-corrected chi connectivity index (χ3v) is 4.96. The molecule has 132 valence electrons. The Balaban J connectivity index is 1.87. The van der Waals surface area contributed by atoms with Crippen molar-refractivity contribution in [3.63, 3.8) is 0 Å². The van der Waals surface area contributed by atoms with Crippen molar-refractivity contribution < 1.29 is 9.59 Å². The van der Waals surface area contributed by atoms with Crippen LogP contribution >= 0.6 is 11.8 Å². The van der Waals surface area contributed by atoms with E-state index in [1.807, 2.05) is 70.2 Å². The Morgan fingerprint density at radius 2 is 1.60 bits per heavy atom. The molecule has 0 aliphatic rings. The van der Waals surface area contributed by atoms with Gasteiger partial charge in [0.25, 0.3) is 0 Å². The number of nitrogens with one attached hydrogen (secondary N) is 2. The first-order valence-corrected chi connectivity index (χ1v) is 9.27. The molecule has 5 heteroatoms. The molecule has 1 atom stereocenters. The van der Waals surface area contributed by atoms with Crippen LogP contribution in [0.25, 0.3) is 0 Å². The summed E-state index contributed by atoms with van der Waals surface area (Å²) in [5.74, 6) is 0.0288. The smallest absolute Gasteiger partial charge is 0.237 e. The Hall–Kier alpha value is -2.27. The number of hydrogen-bond donors (Lipinski definition) is 2. The lowest BCUT2D eigenvalue weighted by atomic mass is 10.1. The monoisotopic (exact) mass is 356 g/mol. The van der Waals surface area contributed by atoms with Crippen LogP contribution in [0.3, 0.4) is 0 Å². The minimum absolute atomic E-state index is 0.0902. The number of para-hydroxylation sites is 1. The quantitative estimate of drug-likeness (QED) is 0.811. The number of rotatable bonds is 6. The van der Waals surface area contributed by atoms with E-state index in [0.717, 1.165) is 22.5 Å². The van der Waals surface area contributed by atoms with Crippen molar-refractivity contribution in [2.24, 2.45) is 0 Å². The number of aryl methyl sites for hydroxylation is 3. The Labute approximate surface area is 153 Å². The molecule has 2 rings (SSSR count). The van der Waals surface area contributed by atoms with Gasteiger partial charge in [-0.05, 0) is 51.0 Å². The average Bonchev–Trinajstić information content (AvgIpc) is 2.56. The van der Waals surface area contributed by atoms with Gasteiger partial charge in [0.05, 0.1) is 11.0 Å². The fraction of sp³-hybridized carbons (Fsp3) is 0.300. The summed E-state index contributed by atoms with van der Waals surface area (Å²) in [5, 5.41) is 5.49. The van der Waals surface area contributed by atoms with Gasteiger partial charge in [-0.2, -0.15) is 0 Å². The molecular formula is C20H24N2O2S. The van der Waals surface area contributed by atoms with Gasteiger partial charge in [-0.25, -0.2) is 0 Å². The highest BCUT2D eigenvalue weighted by molar-refractivity contribution is 8.01. The van der Waals surface area contributed by atoms with Crippen molar-refractivity contribution >= 4 is 35.0 Å². The molecule has 2 aromatic carbocycles. The molecule has 0 saturated heterocycles. The molecule has 0 bridgehead atoms. The molecule has 2 N–H and O–H groups in total. The highest BCUT2D eigenvalue weighted by Gasteiger charge is 2.17. The predicted molar refractivity (Wildman–Crippen MR) is 106 cm³/mol. The van der Waals surface area contributed by atoms with Crippen molar-refractivity contribution in [1.29, 1.82) is 0 Å². The highest BCUT2D eigenvalue weighted by Crippen LogP contribution is 2.23. The SMILES string of the molecule is Cc1cc(C)c(NC(=O)C(C)SCC(=O)Nc2ccccc2)c(C)c1. The zero-order chi connectivity index (χ0) is 18.4. The number of amides is 2. The van der Waals surface area contributed by atoms with Crippen molar-refractivity contribution in [2.45, 2.75) is 32.9 Å². The van der Waals surface area contributed by atoms with Gasteiger partial charge in [0.1, 0.15) is 0 Å². The lowest BCUT2D eigenvalue weighted by Crippen LogP contribution is -2.25. The summed E-state index contributed by atoms with van der Waals surface area (Å²) in [7, 11) is 0. The van der Waals surface area contributed by atoms with E-state index in [2.05, 4.69) is 10.6 Å². The first-order chi connectivity index (χ1) is 11.9. The van der Waals surface area contributed by atoms with Gasteiger partial charge in [0.15, 0.2) is 0 Å². The second kappa shape index (κ2) is 8.72. The van der Waals surface area contributed by atoms with Crippen LogP contribution in [0.4, 0.5) is 11.4 Å². The van der Waals surface area contributed by atoms with Crippen LogP contribution < -0.4 is 10.6 Å². The van der Waals surface area contributed by atoms with Crippen LogP contribution in [-0.2, 0) is 9.59 Å². The molecule has 0 radical (unpaired) electrons. The van der Waals surface area contributed by atoms with E-state index in [-0.39, 0.29) is 22.8 Å². The van der Waals surface area contributed by atoms with Crippen LogP contribution in [0, 0.1) is 20.8 Å². The Morgan fingerprint density at radius 1 is 1.00 bits per heavy atom. The van der Waals surface area contributed by atoms with Crippen molar-refractivity contribution in [2.75, 3.05) is 16.4 Å². The van der Waals surface area contributed by atoms with Gasteiger partial charge in [0, 0.05) is 11.4 Å². The summed E-state index contributed by atoms with van der Waals surface area (Å²) in [6.45, 7) is 7.82. The van der Waals surface area contributed by atoms with E-state index in [0.29, 0.717) is 0 Å². The summed E-state index contributed by atoms with van der Waals surface area (Å²) in [6.07, 6.45) is 0. The molecule has 0 aliphatic carbocycles.